The van der Waals surface area contributed by atoms with Gasteiger partial charge in [-0.25, -0.2) is 0 Å². The predicted octanol–water partition coefficient (Wildman–Crippen LogP) is 3.60. The Morgan fingerprint density at radius 3 is 2.36 bits per heavy atom. The molecule has 0 spiro atoms. The molecule has 0 aliphatic carbocycles. The molecule has 1 aliphatic heterocycles. The number of ether oxygens (including phenoxy) is 3. The van der Waals surface area contributed by atoms with Crippen molar-refractivity contribution in [3.8, 4) is 17.2 Å². The van der Waals surface area contributed by atoms with Crippen molar-refractivity contribution < 1.29 is 19.0 Å². The van der Waals surface area contributed by atoms with E-state index in [4.69, 9.17) is 14.2 Å². The third-order valence-electron chi connectivity index (χ3n) is 4.15. The van der Waals surface area contributed by atoms with E-state index in [9.17, 15) is 4.79 Å². The summed E-state index contributed by atoms with van der Waals surface area (Å²) in [6.07, 6.45) is 0. The molecular weight excluding hydrogens is 338 g/mol. The van der Waals surface area contributed by atoms with Crippen molar-refractivity contribution in [2.24, 2.45) is 0 Å². The highest BCUT2D eigenvalue weighted by Gasteiger charge is 2.33. The van der Waals surface area contributed by atoms with Crippen LogP contribution in [0.25, 0.3) is 0 Å². The maximum absolute atomic E-state index is 13.1. The largest absolute Gasteiger partial charge is 0.497 e. The topological polar surface area (TPSA) is 48.0 Å². The number of rotatable bonds is 5. The third kappa shape index (κ3) is 3.54. The normalized spacial score (nSPS) is 16.6. The molecule has 25 heavy (non-hydrogen) atoms. The first kappa shape index (κ1) is 17.5. The van der Waals surface area contributed by atoms with Crippen LogP contribution >= 0.6 is 11.8 Å². The number of carbonyl (C=O) groups excluding carboxylic acids is 1. The summed E-state index contributed by atoms with van der Waals surface area (Å²) < 4.78 is 16.1. The molecule has 1 fully saturated rings. The smallest absolute Gasteiger partial charge is 0.258 e. The summed E-state index contributed by atoms with van der Waals surface area (Å²) in [5.74, 6) is 2.86. The SMILES string of the molecule is COc1cc(OC)cc([C@H]2SCCN2C(=O)c2ccccc2OC)c1. The molecule has 6 heteroatoms. The molecule has 132 valence electrons. The Kier molecular flexibility index (Phi) is 5.38. The van der Waals surface area contributed by atoms with Crippen LogP contribution in [-0.2, 0) is 0 Å². The van der Waals surface area contributed by atoms with Gasteiger partial charge >= 0.3 is 0 Å². The second-order valence-corrected chi connectivity index (χ2v) is 6.76. The van der Waals surface area contributed by atoms with Crippen LogP contribution in [0.3, 0.4) is 0 Å². The van der Waals surface area contributed by atoms with Gasteiger partial charge in [-0.1, -0.05) is 12.1 Å². The first-order chi connectivity index (χ1) is 12.2. The van der Waals surface area contributed by atoms with Crippen molar-refractivity contribution in [1.82, 2.24) is 4.90 Å². The minimum absolute atomic E-state index is 0.0331. The minimum atomic E-state index is -0.0820. The maximum Gasteiger partial charge on any atom is 0.258 e. The molecule has 0 bridgehead atoms. The Bertz CT molecular complexity index is 743. The van der Waals surface area contributed by atoms with Gasteiger partial charge in [0, 0.05) is 18.4 Å². The molecule has 1 amide bonds. The Labute approximate surface area is 151 Å². The van der Waals surface area contributed by atoms with E-state index < -0.39 is 0 Å². The number of methoxy groups -OCH3 is 3. The van der Waals surface area contributed by atoms with Gasteiger partial charge in [0.05, 0.1) is 26.9 Å². The number of thioether (sulfide) groups is 1. The van der Waals surface area contributed by atoms with Crippen LogP contribution in [0.1, 0.15) is 21.3 Å². The molecule has 2 aromatic rings. The second-order valence-electron chi connectivity index (χ2n) is 5.57. The van der Waals surface area contributed by atoms with Gasteiger partial charge in [-0.15, -0.1) is 11.8 Å². The van der Waals surface area contributed by atoms with Crippen molar-refractivity contribution in [2.75, 3.05) is 33.6 Å². The quantitative estimate of drug-likeness (QED) is 0.816. The number of carbonyl (C=O) groups is 1. The summed E-state index contributed by atoms with van der Waals surface area (Å²) in [6.45, 7) is 0.686. The number of hydrogen-bond donors (Lipinski definition) is 0. The highest BCUT2D eigenvalue weighted by molar-refractivity contribution is 7.99. The Hall–Kier alpha value is -2.34. The molecule has 1 atom stereocenters. The lowest BCUT2D eigenvalue weighted by Crippen LogP contribution is -2.30. The van der Waals surface area contributed by atoms with Crippen LogP contribution < -0.4 is 14.2 Å². The summed E-state index contributed by atoms with van der Waals surface area (Å²) in [6, 6.07) is 13.0. The van der Waals surface area contributed by atoms with Crippen LogP contribution in [0.4, 0.5) is 0 Å². The van der Waals surface area contributed by atoms with Crippen LogP contribution in [0.15, 0.2) is 42.5 Å². The number of nitrogens with zero attached hydrogens (tertiary/aromatic N) is 1. The fourth-order valence-corrected chi connectivity index (χ4v) is 4.14. The van der Waals surface area contributed by atoms with Crippen LogP contribution in [0.2, 0.25) is 0 Å². The van der Waals surface area contributed by atoms with Gasteiger partial charge in [-0.3, -0.25) is 4.79 Å². The van der Waals surface area contributed by atoms with Crippen LogP contribution in [0.5, 0.6) is 17.2 Å². The van der Waals surface area contributed by atoms with Gasteiger partial charge < -0.3 is 19.1 Å². The van der Waals surface area contributed by atoms with E-state index in [1.807, 2.05) is 35.2 Å². The van der Waals surface area contributed by atoms with Gasteiger partial charge in [0.25, 0.3) is 5.91 Å². The third-order valence-corrected chi connectivity index (χ3v) is 5.41. The zero-order valence-corrected chi connectivity index (χ0v) is 15.3. The van der Waals surface area contributed by atoms with Gasteiger partial charge in [0.15, 0.2) is 0 Å². The maximum atomic E-state index is 13.1. The molecule has 0 radical (unpaired) electrons. The fraction of sp³-hybridized carbons (Fsp3) is 0.316. The molecule has 2 aromatic carbocycles. The summed E-state index contributed by atoms with van der Waals surface area (Å²) in [4.78, 5) is 15.0. The zero-order valence-electron chi connectivity index (χ0n) is 14.5. The number of hydrogen-bond acceptors (Lipinski definition) is 5. The van der Waals surface area contributed by atoms with E-state index in [1.54, 1.807) is 45.2 Å². The van der Waals surface area contributed by atoms with Gasteiger partial charge in [-0.05, 0) is 29.8 Å². The minimum Gasteiger partial charge on any atom is -0.497 e. The van der Waals surface area contributed by atoms with E-state index in [0.29, 0.717) is 29.4 Å². The lowest BCUT2D eigenvalue weighted by Gasteiger charge is -2.25. The molecule has 0 N–H and O–H groups in total. The van der Waals surface area contributed by atoms with Crippen molar-refractivity contribution in [1.29, 1.82) is 0 Å². The molecule has 1 heterocycles. The summed E-state index contributed by atoms with van der Waals surface area (Å²) in [7, 11) is 4.82. The van der Waals surface area contributed by atoms with E-state index in [2.05, 4.69) is 0 Å². The van der Waals surface area contributed by atoms with Crippen LogP contribution in [-0.4, -0.2) is 44.4 Å². The average molecular weight is 359 g/mol. The number of amides is 1. The van der Waals surface area contributed by atoms with Crippen molar-refractivity contribution in [2.45, 2.75) is 5.37 Å². The number of para-hydroxylation sites is 1. The first-order valence-electron chi connectivity index (χ1n) is 7.96. The first-order valence-corrected chi connectivity index (χ1v) is 9.01. The Balaban J connectivity index is 1.94. The van der Waals surface area contributed by atoms with E-state index in [0.717, 1.165) is 11.3 Å². The summed E-state index contributed by atoms with van der Waals surface area (Å²) in [5, 5.41) is -0.0820. The molecule has 1 aliphatic rings. The highest BCUT2D eigenvalue weighted by Crippen LogP contribution is 2.41. The molecule has 0 unspecified atom stereocenters. The lowest BCUT2D eigenvalue weighted by atomic mass is 10.1. The number of benzene rings is 2. The molecule has 0 saturated carbocycles. The van der Waals surface area contributed by atoms with Gasteiger partial charge in [0.1, 0.15) is 22.6 Å². The molecule has 1 saturated heterocycles. The summed E-state index contributed by atoms with van der Waals surface area (Å²) >= 11 is 1.73. The standard InChI is InChI=1S/C19H21NO4S/c1-22-14-10-13(11-15(12-14)23-2)19-20(8-9-25-19)18(21)16-6-4-5-7-17(16)24-3/h4-7,10-12,19H,8-9H2,1-3H3/t19-/m1/s1. The lowest BCUT2D eigenvalue weighted by molar-refractivity contribution is 0.0756. The predicted molar refractivity (Wildman–Crippen MR) is 98.8 cm³/mol. The Morgan fingerprint density at radius 1 is 1.04 bits per heavy atom. The van der Waals surface area contributed by atoms with Crippen LogP contribution in [0, 0.1) is 0 Å². The molecule has 5 nitrogen and oxygen atoms in total. The fourth-order valence-electron chi connectivity index (χ4n) is 2.90. The summed E-state index contributed by atoms with van der Waals surface area (Å²) in [5.41, 5.74) is 1.56. The second kappa shape index (κ2) is 7.70. The van der Waals surface area contributed by atoms with E-state index >= 15 is 0 Å². The average Bonchev–Trinajstić information content (AvgIpc) is 3.16. The van der Waals surface area contributed by atoms with E-state index in [1.165, 1.54) is 0 Å². The zero-order chi connectivity index (χ0) is 17.8. The Morgan fingerprint density at radius 2 is 1.72 bits per heavy atom. The van der Waals surface area contributed by atoms with Gasteiger partial charge in [0.2, 0.25) is 0 Å². The van der Waals surface area contributed by atoms with Crippen molar-refractivity contribution >= 4 is 17.7 Å². The monoisotopic (exact) mass is 359 g/mol. The molecule has 0 aromatic heterocycles. The highest BCUT2D eigenvalue weighted by atomic mass is 32.2. The van der Waals surface area contributed by atoms with Gasteiger partial charge in [-0.2, -0.15) is 0 Å². The van der Waals surface area contributed by atoms with Crippen molar-refractivity contribution in [3.63, 3.8) is 0 Å². The van der Waals surface area contributed by atoms with Crippen molar-refractivity contribution in [3.05, 3.63) is 53.6 Å². The molecule has 3 rings (SSSR count). The molecular formula is C19H21NO4S. The van der Waals surface area contributed by atoms with E-state index in [-0.39, 0.29) is 11.3 Å².